The summed E-state index contributed by atoms with van der Waals surface area (Å²) in [5, 5.41) is 2.75. The van der Waals surface area contributed by atoms with Crippen LogP contribution in [0.2, 0.25) is 0 Å². The Morgan fingerprint density at radius 1 is 1.10 bits per heavy atom. The van der Waals surface area contributed by atoms with Crippen LogP contribution in [0, 0.1) is 5.92 Å². The standard InChI is InChI=1S/C28H37NO11/c1-6-13-34-28(32)40-24-20(35-14-17-11-9-8-10-12-17)15(3)21(25(30)33-5)37-26(24)38-22-18(7-2)36-16(4)19-23(22)39-27(31)29-19/h6,8-12,15-16,18-24,26H,1,7,13-14H2,2-5H3,(H,29,31)/t15-,16-,18?,19+,20+,21?,22+,23?,24?,26-/m0/s1. The van der Waals surface area contributed by atoms with Crippen molar-refractivity contribution in [3.8, 4) is 0 Å². The van der Waals surface area contributed by atoms with Gasteiger partial charge in [-0.3, -0.25) is 0 Å². The molecule has 3 heterocycles. The molecule has 12 heteroatoms. The van der Waals surface area contributed by atoms with E-state index in [2.05, 4.69) is 11.9 Å². The first-order chi connectivity index (χ1) is 19.3. The van der Waals surface area contributed by atoms with Crippen molar-refractivity contribution in [2.75, 3.05) is 13.7 Å². The van der Waals surface area contributed by atoms with Crippen LogP contribution < -0.4 is 5.32 Å². The van der Waals surface area contributed by atoms with E-state index in [0.717, 1.165) is 5.56 Å². The van der Waals surface area contributed by atoms with E-state index in [1.807, 2.05) is 44.2 Å². The minimum Gasteiger partial charge on any atom is -0.467 e. The first kappa shape index (κ1) is 29.8. The lowest BCUT2D eigenvalue weighted by Crippen LogP contribution is -2.64. The van der Waals surface area contributed by atoms with E-state index >= 15 is 0 Å². The molecule has 0 aromatic heterocycles. The van der Waals surface area contributed by atoms with E-state index in [4.69, 9.17) is 37.9 Å². The summed E-state index contributed by atoms with van der Waals surface area (Å²) in [7, 11) is 1.25. The van der Waals surface area contributed by atoms with Crippen LogP contribution in [0.25, 0.3) is 0 Å². The molecule has 12 nitrogen and oxygen atoms in total. The summed E-state index contributed by atoms with van der Waals surface area (Å²) in [4.78, 5) is 37.6. The molecule has 3 aliphatic rings. The summed E-state index contributed by atoms with van der Waals surface area (Å²) in [6, 6.07) is 8.93. The first-order valence-electron chi connectivity index (χ1n) is 13.4. The fraction of sp³-hybridized carbons (Fsp3) is 0.607. The fourth-order valence-corrected chi connectivity index (χ4v) is 5.28. The van der Waals surface area contributed by atoms with Gasteiger partial charge in [0.1, 0.15) is 18.8 Å². The number of carbonyl (C=O) groups is 3. The minimum absolute atomic E-state index is 0.0779. The van der Waals surface area contributed by atoms with E-state index in [0.29, 0.717) is 6.42 Å². The van der Waals surface area contributed by atoms with Crippen LogP contribution in [0.5, 0.6) is 0 Å². The van der Waals surface area contributed by atoms with Gasteiger partial charge < -0.3 is 43.2 Å². The third-order valence-corrected chi connectivity index (χ3v) is 7.30. The van der Waals surface area contributed by atoms with Gasteiger partial charge in [-0.1, -0.05) is 56.8 Å². The number of amides is 1. The smallest absolute Gasteiger partial charge is 0.467 e. The Morgan fingerprint density at radius 2 is 1.85 bits per heavy atom. The van der Waals surface area contributed by atoms with Gasteiger partial charge in [-0.05, 0) is 18.9 Å². The van der Waals surface area contributed by atoms with Gasteiger partial charge in [-0.2, -0.15) is 0 Å². The Kier molecular flexibility index (Phi) is 10.0. The van der Waals surface area contributed by atoms with Crippen LogP contribution in [-0.4, -0.2) is 87.0 Å². The van der Waals surface area contributed by atoms with E-state index in [-0.39, 0.29) is 19.3 Å². The molecule has 1 aromatic rings. The predicted octanol–water partition coefficient (Wildman–Crippen LogP) is 2.87. The summed E-state index contributed by atoms with van der Waals surface area (Å²) < 4.78 is 46.2. The highest BCUT2D eigenvalue weighted by Gasteiger charge is 2.56. The van der Waals surface area contributed by atoms with Gasteiger partial charge in [0.15, 0.2) is 24.6 Å². The highest BCUT2D eigenvalue weighted by molar-refractivity contribution is 5.75. The number of benzene rings is 1. The predicted molar refractivity (Wildman–Crippen MR) is 138 cm³/mol. The van der Waals surface area contributed by atoms with Crippen molar-refractivity contribution in [3.05, 3.63) is 48.6 Å². The molecule has 3 saturated heterocycles. The number of fused-ring (bicyclic) bond motifs is 1. The zero-order valence-electron chi connectivity index (χ0n) is 23.1. The molecule has 1 amide bonds. The number of rotatable bonds is 10. The van der Waals surface area contributed by atoms with Crippen molar-refractivity contribution < 1.29 is 52.3 Å². The van der Waals surface area contributed by atoms with Crippen LogP contribution in [-0.2, 0) is 49.3 Å². The van der Waals surface area contributed by atoms with E-state index in [9.17, 15) is 14.4 Å². The SMILES string of the molecule is C=CCOC(=O)OC1[C@H](O[C@@H]2C(CC)O[C@@H](C)[C@H]3NC(=O)OC23)OC(C(=O)OC)[C@@H](C)[C@H]1OCc1ccccc1. The highest BCUT2D eigenvalue weighted by Crippen LogP contribution is 2.37. The van der Waals surface area contributed by atoms with Crippen molar-refractivity contribution in [1.29, 1.82) is 0 Å². The lowest BCUT2D eigenvalue weighted by atomic mass is 9.89. The monoisotopic (exact) mass is 563 g/mol. The lowest BCUT2D eigenvalue weighted by molar-refractivity contribution is -0.323. The summed E-state index contributed by atoms with van der Waals surface area (Å²) in [6.07, 6.45) is -6.47. The summed E-state index contributed by atoms with van der Waals surface area (Å²) in [5.41, 5.74) is 0.869. The Hall–Kier alpha value is -3.19. The van der Waals surface area contributed by atoms with Gasteiger partial charge >= 0.3 is 18.2 Å². The van der Waals surface area contributed by atoms with E-state index in [1.54, 1.807) is 6.92 Å². The average molecular weight is 564 g/mol. The molecule has 40 heavy (non-hydrogen) atoms. The summed E-state index contributed by atoms with van der Waals surface area (Å²) in [5.74, 6) is -1.26. The number of ether oxygens (including phenoxy) is 8. The second-order valence-electron chi connectivity index (χ2n) is 9.93. The zero-order chi connectivity index (χ0) is 28.8. The van der Waals surface area contributed by atoms with Crippen molar-refractivity contribution >= 4 is 18.2 Å². The molecule has 0 radical (unpaired) electrons. The Morgan fingerprint density at radius 3 is 2.52 bits per heavy atom. The maximum absolute atomic E-state index is 12.8. The maximum atomic E-state index is 12.8. The average Bonchev–Trinajstić information content (AvgIpc) is 3.36. The van der Waals surface area contributed by atoms with E-state index < -0.39 is 73.1 Å². The van der Waals surface area contributed by atoms with Gasteiger partial charge in [0, 0.05) is 5.92 Å². The molecule has 4 rings (SSSR count). The van der Waals surface area contributed by atoms with Crippen molar-refractivity contribution in [3.63, 3.8) is 0 Å². The van der Waals surface area contributed by atoms with Gasteiger partial charge in [0.2, 0.25) is 0 Å². The van der Waals surface area contributed by atoms with Gasteiger partial charge in [0.25, 0.3) is 0 Å². The maximum Gasteiger partial charge on any atom is 0.509 e. The molecule has 0 saturated carbocycles. The molecular formula is C28H37NO11. The van der Waals surface area contributed by atoms with Crippen LogP contribution in [0.1, 0.15) is 32.8 Å². The first-order valence-corrected chi connectivity index (χ1v) is 13.4. The Labute approximate surface area is 233 Å². The molecule has 1 aromatic carbocycles. The van der Waals surface area contributed by atoms with Crippen LogP contribution in [0.3, 0.4) is 0 Å². The normalized spacial score (nSPS) is 35.0. The van der Waals surface area contributed by atoms with Gasteiger partial charge in [-0.25, -0.2) is 14.4 Å². The molecule has 220 valence electrons. The Balaban J connectivity index is 1.66. The molecule has 0 spiro atoms. The lowest BCUT2D eigenvalue weighted by Gasteiger charge is -2.47. The zero-order valence-corrected chi connectivity index (χ0v) is 23.1. The second kappa shape index (κ2) is 13.4. The quantitative estimate of drug-likeness (QED) is 0.256. The number of esters is 1. The molecule has 3 aliphatic heterocycles. The van der Waals surface area contributed by atoms with Crippen molar-refractivity contribution in [2.45, 2.75) is 88.9 Å². The van der Waals surface area contributed by atoms with Gasteiger partial charge in [0.05, 0.1) is 32.0 Å². The summed E-state index contributed by atoms with van der Waals surface area (Å²) >= 11 is 0. The molecule has 10 atom stereocenters. The summed E-state index contributed by atoms with van der Waals surface area (Å²) in [6.45, 7) is 9.10. The second-order valence-corrected chi connectivity index (χ2v) is 9.93. The van der Waals surface area contributed by atoms with Crippen molar-refractivity contribution in [1.82, 2.24) is 5.32 Å². The third-order valence-electron chi connectivity index (χ3n) is 7.30. The van der Waals surface area contributed by atoms with Crippen LogP contribution in [0.4, 0.5) is 9.59 Å². The molecule has 3 fully saturated rings. The molecule has 4 unspecified atom stereocenters. The fourth-order valence-electron chi connectivity index (χ4n) is 5.28. The molecule has 1 N–H and O–H groups in total. The van der Waals surface area contributed by atoms with Gasteiger partial charge in [-0.15, -0.1) is 0 Å². The Bertz CT molecular complexity index is 1040. The van der Waals surface area contributed by atoms with Crippen molar-refractivity contribution in [2.24, 2.45) is 5.92 Å². The van der Waals surface area contributed by atoms with Crippen LogP contribution in [0.15, 0.2) is 43.0 Å². The van der Waals surface area contributed by atoms with E-state index in [1.165, 1.54) is 13.2 Å². The number of methoxy groups -OCH3 is 1. The van der Waals surface area contributed by atoms with Crippen LogP contribution >= 0.6 is 0 Å². The third kappa shape index (κ3) is 6.57. The molecule has 0 aliphatic carbocycles. The number of hydrogen-bond acceptors (Lipinski definition) is 11. The number of nitrogens with one attached hydrogen (secondary N) is 1. The highest BCUT2D eigenvalue weighted by atomic mass is 16.8. The number of hydrogen-bond donors (Lipinski definition) is 1. The number of alkyl carbamates (subject to hydrolysis) is 1. The molecule has 0 bridgehead atoms. The number of carbonyl (C=O) groups excluding carboxylic acids is 3. The largest absolute Gasteiger partial charge is 0.509 e. The topological polar surface area (TPSA) is 137 Å². The minimum atomic E-state index is -1.33. The molecular weight excluding hydrogens is 526 g/mol.